The van der Waals surface area contributed by atoms with E-state index in [4.69, 9.17) is 0 Å². The summed E-state index contributed by atoms with van der Waals surface area (Å²) in [4.78, 5) is 14.9. The average Bonchev–Trinajstić information content (AvgIpc) is 3.23. The van der Waals surface area contributed by atoms with Crippen LogP contribution in [0.5, 0.6) is 5.75 Å². The van der Waals surface area contributed by atoms with Gasteiger partial charge in [0.1, 0.15) is 17.1 Å². The number of aromatic amines is 1. The topological polar surface area (TPSA) is 69.2 Å². The number of H-pyrrole nitrogens is 1. The van der Waals surface area contributed by atoms with Crippen molar-refractivity contribution in [3.05, 3.63) is 70.9 Å². The van der Waals surface area contributed by atoms with Crippen molar-refractivity contribution in [1.82, 2.24) is 15.1 Å². The summed E-state index contributed by atoms with van der Waals surface area (Å²) in [7, 11) is 0. The molecule has 138 valence electrons. The number of phenols is 1. The van der Waals surface area contributed by atoms with Crippen LogP contribution in [-0.2, 0) is 6.42 Å². The molecule has 3 aromatic rings. The Morgan fingerprint density at radius 3 is 2.52 bits per heavy atom. The minimum atomic E-state index is -0.202. The Balaban J connectivity index is 1.88. The van der Waals surface area contributed by atoms with Crippen molar-refractivity contribution in [1.29, 1.82) is 0 Å². The number of nitrogens with one attached hydrogen (secondary N) is 1. The van der Waals surface area contributed by atoms with E-state index in [0.717, 1.165) is 24.0 Å². The lowest BCUT2D eigenvalue weighted by Crippen LogP contribution is -2.30. The van der Waals surface area contributed by atoms with E-state index in [-0.39, 0.29) is 17.7 Å². The van der Waals surface area contributed by atoms with Crippen LogP contribution < -0.4 is 0 Å². The van der Waals surface area contributed by atoms with E-state index in [1.165, 1.54) is 5.56 Å². The van der Waals surface area contributed by atoms with Gasteiger partial charge in [0, 0.05) is 17.7 Å². The second kappa shape index (κ2) is 6.91. The Morgan fingerprint density at radius 2 is 1.85 bits per heavy atom. The van der Waals surface area contributed by atoms with Crippen LogP contribution in [0.3, 0.4) is 0 Å². The van der Waals surface area contributed by atoms with E-state index in [1.807, 2.05) is 17.0 Å². The van der Waals surface area contributed by atoms with Crippen LogP contribution in [-0.4, -0.2) is 32.7 Å². The van der Waals surface area contributed by atoms with Gasteiger partial charge in [0.25, 0.3) is 5.91 Å². The number of phenolic OH excluding ortho intramolecular Hbond substituents is 1. The number of aromatic nitrogens is 2. The molecule has 0 unspecified atom stereocenters. The molecule has 1 atom stereocenters. The molecule has 1 amide bonds. The molecule has 0 fully saturated rings. The molecule has 0 spiro atoms. The van der Waals surface area contributed by atoms with E-state index in [9.17, 15) is 9.90 Å². The average molecular weight is 361 g/mol. The Hall–Kier alpha value is -3.08. The molecule has 0 saturated heterocycles. The smallest absolute Gasteiger partial charge is 0.273 e. The third-order valence-electron chi connectivity index (χ3n) is 5.19. The van der Waals surface area contributed by atoms with Crippen molar-refractivity contribution < 1.29 is 9.90 Å². The zero-order valence-electron chi connectivity index (χ0n) is 15.6. The number of fused-ring (bicyclic) bond motifs is 1. The van der Waals surface area contributed by atoms with Gasteiger partial charge in [-0.2, -0.15) is 5.10 Å². The van der Waals surface area contributed by atoms with Gasteiger partial charge in [0.15, 0.2) is 0 Å². The highest BCUT2D eigenvalue weighted by Crippen LogP contribution is 2.44. The van der Waals surface area contributed by atoms with Crippen molar-refractivity contribution >= 4 is 5.91 Å². The van der Waals surface area contributed by atoms with Crippen molar-refractivity contribution in [2.24, 2.45) is 0 Å². The molecule has 2 heterocycles. The molecule has 1 aliphatic heterocycles. The zero-order valence-corrected chi connectivity index (χ0v) is 15.6. The molecular weight excluding hydrogens is 338 g/mol. The molecule has 1 aromatic heterocycles. The fraction of sp³-hybridized carbons (Fsp3) is 0.273. The second-order valence-electron chi connectivity index (χ2n) is 6.87. The van der Waals surface area contributed by atoms with Crippen molar-refractivity contribution in [2.75, 3.05) is 6.54 Å². The molecule has 5 nitrogen and oxygen atoms in total. The van der Waals surface area contributed by atoms with Gasteiger partial charge < -0.3 is 10.0 Å². The first-order chi connectivity index (χ1) is 13.2. The molecule has 5 heteroatoms. The predicted molar refractivity (Wildman–Crippen MR) is 105 cm³/mol. The molecular formula is C22H23N3O2. The quantitative estimate of drug-likeness (QED) is 0.712. The predicted octanol–water partition coefficient (Wildman–Crippen LogP) is 4.30. The van der Waals surface area contributed by atoms with Crippen LogP contribution in [0, 0.1) is 0 Å². The first-order valence-electron chi connectivity index (χ1n) is 9.42. The number of carbonyl (C=O) groups excluding carboxylic acids is 1. The van der Waals surface area contributed by atoms with Crippen LogP contribution in [0.15, 0.2) is 48.5 Å². The van der Waals surface area contributed by atoms with Gasteiger partial charge in [-0.15, -0.1) is 0 Å². The Kier molecular flexibility index (Phi) is 4.44. The third kappa shape index (κ3) is 2.79. The molecule has 0 aliphatic carbocycles. The molecule has 0 saturated carbocycles. The Bertz CT molecular complexity index is 975. The second-order valence-corrected chi connectivity index (χ2v) is 6.87. The van der Waals surface area contributed by atoms with Gasteiger partial charge in [-0.1, -0.05) is 50.2 Å². The monoisotopic (exact) mass is 361 g/mol. The number of nitrogens with zero attached hydrogens (tertiary/aromatic N) is 2. The van der Waals surface area contributed by atoms with Crippen LogP contribution in [0.25, 0.3) is 11.3 Å². The lowest BCUT2D eigenvalue weighted by atomic mass is 9.95. The summed E-state index contributed by atoms with van der Waals surface area (Å²) in [5.41, 5.74) is 4.96. The van der Waals surface area contributed by atoms with Crippen LogP contribution in [0.4, 0.5) is 0 Å². The molecule has 2 aromatic carbocycles. The first kappa shape index (κ1) is 17.3. The maximum absolute atomic E-state index is 13.0. The van der Waals surface area contributed by atoms with Gasteiger partial charge in [-0.25, -0.2) is 0 Å². The molecule has 4 rings (SSSR count). The maximum atomic E-state index is 13.0. The Morgan fingerprint density at radius 1 is 1.11 bits per heavy atom. The summed E-state index contributed by atoms with van der Waals surface area (Å²) in [5.74, 6) is 0.124. The highest BCUT2D eigenvalue weighted by Gasteiger charge is 2.41. The molecule has 27 heavy (non-hydrogen) atoms. The molecule has 1 aliphatic rings. The maximum Gasteiger partial charge on any atom is 0.273 e. The molecule has 0 radical (unpaired) electrons. The SMILES string of the molecule is CCCN1C(=O)c2[nH]nc(-c3ccccc3O)c2[C@@H]1c1ccc(CC)cc1. The minimum absolute atomic E-state index is 0.0365. The lowest BCUT2D eigenvalue weighted by molar-refractivity contribution is 0.0744. The van der Waals surface area contributed by atoms with Crippen LogP contribution in [0.1, 0.15) is 53.5 Å². The number of benzene rings is 2. The van der Waals surface area contributed by atoms with E-state index in [2.05, 4.69) is 48.3 Å². The van der Waals surface area contributed by atoms with E-state index < -0.39 is 0 Å². The first-order valence-corrected chi connectivity index (χ1v) is 9.42. The number of rotatable bonds is 5. The number of hydrogen-bond donors (Lipinski definition) is 2. The van der Waals surface area contributed by atoms with E-state index >= 15 is 0 Å². The lowest BCUT2D eigenvalue weighted by Gasteiger charge is -2.26. The van der Waals surface area contributed by atoms with Crippen molar-refractivity contribution in [2.45, 2.75) is 32.7 Å². The number of aryl methyl sites for hydroxylation is 1. The van der Waals surface area contributed by atoms with Gasteiger partial charge in [0.05, 0.1) is 6.04 Å². The summed E-state index contributed by atoms with van der Waals surface area (Å²) in [6, 6.07) is 15.3. The van der Waals surface area contributed by atoms with Crippen molar-refractivity contribution in [3.63, 3.8) is 0 Å². The highest BCUT2D eigenvalue weighted by molar-refractivity contribution is 6.00. The Labute approximate surface area is 158 Å². The van der Waals surface area contributed by atoms with E-state index in [1.54, 1.807) is 12.1 Å². The van der Waals surface area contributed by atoms with Crippen molar-refractivity contribution in [3.8, 4) is 17.0 Å². The summed E-state index contributed by atoms with van der Waals surface area (Å²) in [6.07, 6.45) is 1.85. The van der Waals surface area contributed by atoms with Gasteiger partial charge in [-0.3, -0.25) is 9.89 Å². The number of carbonyl (C=O) groups is 1. The largest absolute Gasteiger partial charge is 0.507 e. The fourth-order valence-electron chi connectivity index (χ4n) is 3.83. The number of amides is 1. The summed E-state index contributed by atoms with van der Waals surface area (Å²) in [5, 5.41) is 17.6. The summed E-state index contributed by atoms with van der Waals surface area (Å²) < 4.78 is 0. The van der Waals surface area contributed by atoms with Gasteiger partial charge in [0.2, 0.25) is 0 Å². The number of hydrogen-bond acceptors (Lipinski definition) is 3. The number of para-hydroxylation sites is 1. The zero-order chi connectivity index (χ0) is 19.0. The van der Waals surface area contributed by atoms with Gasteiger partial charge >= 0.3 is 0 Å². The number of aromatic hydroxyl groups is 1. The minimum Gasteiger partial charge on any atom is -0.507 e. The van der Waals surface area contributed by atoms with Crippen LogP contribution in [0.2, 0.25) is 0 Å². The van der Waals surface area contributed by atoms with Gasteiger partial charge in [-0.05, 0) is 36.1 Å². The molecule has 2 N–H and O–H groups in total. The van der Waals surface area contributed by atoms with E-state index in [0.29, 0.717) is 23.5 Å². The molecule has 0 bridgehead atoms. The summed E-state index contributed by atoms with van der Waals surface area (Å²) >= 11 is 0. The summed E-state index contributed by atoms with van der Waals surface area (Å²) in [6.45, 7) is 4.86. The van der Waals surface area contributed by atoms with Crippen LogP contribution >= 0.6 is 0 Å². The fourth-order valence-corrected chi connectivity index (χ4v) is 3.83. The standard InChI is InChI=1S/C22H23N3O2/c1-3-13-25-21(15-11-9-14(4-2)10-12-15)18-19(23-24-20(18)22(25)27)16-7-5-6-8-17(16)26/h5-12,21,26H,3-4,13H2,1-2H3,(H,23,24)/t21-/m0/s1. The highest BCUT2D eigenvalue weighted by atomic mass is 16.3. The third-order valence-corrected chi connectivity index (χ3v) is 5.19. The normalized spacial score (nSPS) is 16.0.